The smallest absolute Gasteiger partial charge is 0.269 e. The van der Waals surface area contributed by atoms with Gasteiger partial charge >= 0.3 is 0 Å². The Balaban J connectivity index is 1.55. The number of piperazine rings is 1. The summed E-state index contributed by atoms with van der Waals surface area (Å²) in [7, 11) is 4.57. The number of nitrogens with one attached hydrogen (secondary N) is 1. The molecule has 166 valence electrons. The minimum absolute atomic E-state index is 0.0749. The Labute approximate surface area is 180 Å². The number of nitrogens with zero attached hydrogens (tertiary/aromatic N) is 3. The van der Waals surface area contributed by atoms with Gasteiger partial charge in [0.05, 0.1) is 32.8 Å². The maximum atomic E-state index is 12.5. The van der Waals surface area contributed by atoms with Crippen molar-refractivity contribution in [2.75, 3.05) is 64.3 Å². The number of methoxy groups -OCH3 is 3. The van der Waals surface area contributed by atoms with Crippen LogP contribution in [0.25, 0.3) is 0 Å². The number of carbonyl (C=O) groups is 1. The summed E-state index contributed by atoms with van der Waals surface area (Å²) in [6.07, 6.45) is 0. The van der Waals surface area contributed by atoms with E-state index >= 15 is 0 Å². The van der Waals surface area contributed by atoms with Gasteiger partial charge in [-0.05, 0) is 12.1 Å². The van der Waals surface area contributed by atoms with E-state index in [0.717, 1.165) is 18.8 Å². The summed E-state index contributed by atoms with van der Waals surface area (Å²) in [5.41, 5.74) is 1.57. The number of nitro benzene ring substituents is 1. The number of rotatable bonds is 8. The predicted octanol–water partition coefficient (Wildman–Crippen LogP) is 2.38. The second kappa shape index (κ2) is 9.98. The molecule has 0 spiro atoms. The summed E-state index contributed by atoms with van der Waals surface area (Å²) in [5.74, 6) is 1.26. The van der Waals surface area contributed by atoms with Crippen molar-refractivity contribution >= 4 is 23.0 Å². The molecular formula is C21H26N4O6. The zero-order valence-corrected chi connectivity index (χ0v) is 17.8. The monoisotopic (exact) mass is 430 g/mol. The van der Waals surface area contributed by atoms with Gasteiger partial charge < -0.3 is 24.4 Å². The van der Waals surface area contributed by atoms with Crippen LogP contribution in [0.1, 0.15) is 0 Å². The van der Waals surface area contributed by atoms with Gasteiger partial charge in [0.25, 0.3) is 5.69 Å². The number of hydrogen-bond donors (Lipinski definition) is 1. The first-order valence-electron chi connectivity index (χ1n) is 9.76. The third kappa shape index (κ3) is 5.34. The molecule has 10 heteroatoms. The minimum Gasteiger partial charge on any atom is -0.493 e. The lowest BCUT2D eigenvalue weighted by atomic mass is 10.2. The molecule has 0 aromatic heterocycles. The summed E-state index contributed by atoms with van der Waals surface area (Å²) in [4.78, 5) is 27.1. The Hall–Kier alpha value is -3.53. The molecule has 2 aromatic rings. The minimum atomic E-state index is -0.408. The van der Waals surface area contributed by atoms with Crippen LogP contribution in [-0.4, -0.2) is 69.8 Å². The predicted molar refractivity (Wildman–Crippen MR) is 116 cm³/mol. The Kier molecular flexibility index (Phi) is 7.14. The van der Waals surface area contributed by atoms with Crippen LogP contribution in [0.4, 0.5) is 17.1 Å². The van der Waals surface area contributed by atoms with Crippen molar-refractivity contribution in [3.63, 3.8) is 0 Å². The van der Waals surface area contributed by atoms with E-state index in [-0.39, 0.29) is 18.1 Å². The van der Waals surface area contributed by atoms with Gasteiger partial charge in [0.2, 0.25) is 11.7 Å². The molecule has 0 unspecified atom stereocenters. The molecule has 2 aromatic carbocycles. The molecule has 1 amide bonds. The quantitative estimate of drug-likeness (QED) is 0.503. The maximum Gasteiger partial charge on any atom is 0.269 e. The molecule has 3 rings (SSSR count). The van der Waals surface area contributed by atoms with E-state index in [1.165, 1.54) is 33.5 Å². The summed E-state index contributed by atoms with van der Waals surface area (Å²) in [6, 6.07) is 9.90. The van der Waals surface area contributed by atoms with Gasteiger partial charge in [0.1, 0.15) is 0 Å². The summed E-state index contributed by atoms with van der Waals surface area (Å²) >= 11 is 0. The fourth-order valence-electron chi connectivity index (χ4n) is 3.51. The van der Waals surface area contributed by atoms with E-state index in [9.17, 15) is 14.9 Å². The molecule has 1 aliphatic rings. The van der Waals surface area contributed by atoms with E-state index in [1.54, 1.807) is 24.3 Å². The van der Waals surface area contributed by atoms with Crippen LogP contribution >= 0.6 is 0 Å². The van der Waals surface area contributed by atoms with Crippen LogP contribution in [0.3, 0.4) is 0 Å². The highest BCUT2D eigenvalue weighted by atomic mass is 16.6. The molecule has 0 saturated carbocycles. The molecule has 0 atom stereocenters. The van der Waals surface area contributed by atoms with Crippen molar-refractivity contribution in [1.29, 1.82) is 0 Å². The molecule has 0 aliphatic carbocycles. The van der Waals surface area contributed by atoms with Gasteiger partial charge in [0.15, 0.2) is 11.5 Å². The first-order chi connectivity index (χ1) is 14.9. The summed E-state index contributed by atoms with van der Waals surface area (Å²) in [6.45, 7) is 3.13. The van der Waals surface area contributed by atoms with Crippen LogP contribution in [0.2, 0.25) is 0 Å². The Bertz CT molecular complexity index is 901. The second-order valence-electron chi connectivity index (χ2n) is 7.00. The lowest BCUT2D eigenvalue weighted by Gasteiger charge is -2.35. The van der Waals surface area contributed by atoms with Crippen LogP contribution < -0.4 is 24.4 Å². The molecule has 1 fully saturated rings. The maximum absolute atomic E-state index is 12.5. The van der Waals surface area contributed by atoms with Crippen LogP contribution in [-0.2, 0) is 4.79 Å². The van der Waals surface area contributed by atoms with E-state index in [4.69, 9.17) is 14.2 Å². The third-order valence-electron chi connectivity index (χ3n) is 5.11. The highest BCUT2D eigenvalue weighted by Gasteiger charge is 2.21. The van der Waals surface area contributed by atoms with Gasteiger partial charge in [-0.1, -0.05) is 0 Å². The first kappa shape index (κ1) is 22.2. The topological polar surface area (TPSA) is 106 Å². The largest absolute Gasteiger partial charge is 0.493 e. The lowest BCUT2D eigenvalue weighted by Crippen LogP contribution is -2.48. The number of carbonyl (C=O) groups excluding carboxylic acids is 1. The van der Waals surface area contributed by atoms with Crippen LogP contribution in [0, 0.1) is 10.1 Å². The molecule has 31 heavy (non-hydrogen) atoms. The average molecular weight is 430 g/mol. The lowest BCUT2D eigenvalue weighted by molar-refractivity contribution is -0.384. The van der Waals surface area contributed by atoms with Crippen molar-refractivity contribution < 1.29 is 23.9 Å². The van der Waals surface area contributed by atoms with Gasteiger partial charge in [-0.25, -0.2) is 0 Å². The first-order valence-corrected chi connectivity index (χ1v) is 9.76. The van der Waals surface area contributed by atoms with Gasteiger partial charge in [0, 0.05) is 61.8 Å². The van der Waals surface area contributed by atoms with E-state index in [2.05, 4.69) is 15.1 Å². The molecule has 0 radical (unpaired) electrons. The van der Waals surface area contributed by atoms with Gasteiger partial charge in [-0.2, -0.15) is 0 Å². The van der Waals surface area contributed by atoms with Crippen LogP contribution in [0.5, 0.6) is 17.2 Å². The molecule has 10 nitrogen and oxygen atoms in total. The highest BCUT2D eigenvalue weighted by Crippen LogP contribution is 2.39. The summed E-state index contributed by atoms with van der Waals surface area (Å²) < 4.78 is 15.9. The number of amides is 1. The normalized spacial score (nSPS) is 14.1. The third-order valence-corrected chi connectivity index (χ3v) is 5.11. The highest BCUT2D eigenvalue weighted by molar-refractivity contribution is 5.93. The summed E-state index contributed by atoms with van der Waals surface area (Å²) in [5, 5.41) is 13.7. The number of non-ortho nitro benzene ring substituents is 1. The molecule has 0 bridgehead atoms. The molecule has 1 heterocycles. The molecular weight excluding hydrogens is 404 g/mol. The second-order valence-corrected chi connectivity index (χ2v) is 7.00. The number of anilines is 2. The van der Waals surface area contributed by atoms with Gasteiger partial charge in [-0.3, -0.25) is 19.8 Å². The molecule has 1 aliphatic heterocycles. The zero-order chi connectivity index (χ0) is 22.4. The number of nitro groups is 1. The van der Waals surface area contributed by atoms with E-state index in [0.29, 0.717) is 36.0 Å². The van der Waals surface area contributed by atoms with E-state index < -0.39 is 4.92 Å². The zero-order valence-electron chi connectivity index (χ0n) is 17.8. The van der Waals surface area contributed by atoms with Crippen molar-refractivity contribution in [1.82, 2.24) is 4.90 Å². The fourth-order valence-corrected chi connectivity index (χ4v) is 3.51. The SMILES string of the molecule is COc1cc(NC(=O)CN2CCN(c3ccc([N+](=O)[O-])cc3)CC2)cc(OC)c1OC. The van der Waals surface area contributed by atoms with Crippen molar-refractivity contribution in [2.24, 2.45) is 0 Å². The Morgan fingerprint density at radius 3 is 2.06 bits per heavy atom. The molecule has 1 saturated heterocycles. The Morgan fingerprint density at radius 1 is 1.00 bits per heavy atom. The molecule has 1 N–H and O–H groups in total. The van der Waals surface area contributed by atoms with Crippen molar-refractivity contribution in [3.8, 4) is 17.2 Å². The van der Waals surface area contributed by atoms with Gasteiger partial charge in [-0.15, -0.1) is 0 Å². The standard InChI is InChI=1S/C21H26N4O6/c1-29-18-12-15(13-19(30-2)21(18)31-3)22-20(26)14-23-8-10-24(11-9-23)16-4-6-17(7-5-16)25(27)28/h4-7,12-13H,8-11,14H2,1-3H3,(H,22,26). The van der Waals surface area contributed by atoms with Crippen molar-refractivity contribution in [2.45, 2.75) is 0 Å². The number of benzene rings is 2. The van der Waals surface area contributed by atoms with Crippen LogP contribution in [0.15, 0.2) is 36.4 Å². The van der Waals surface area contributed by atoms with Crippen molar-refractivity contribution in [3.05, 3.63) is 46.5 Å². The van der Waals surface area contributed by atoms with E-state index in [1.807, 2.05) is 0 Å². The number of ether oxygens (including phenoxy) is 3. The number of hydrogen-bond acceptors (Lipinski definition) is 8. The fraction of sp³-hybridized carbons (Fsp3) is 0.381. The average Bonchev–Trinajstić information content (AvgIpc) is 2.78. The Morgan fingerprint density at radius 2 is 1.58 bits per heavy atom.